The van der Waals surface area contributed by atoms with E-state index in [-0.39, 0.29) is 35.7 Å². The molecule has 3 N–H and O–H groups in total. The van der Waals surface area contributed by atoms with Crippen LogP contribution in [0.5, 0.6) is 0 Å². The highest BCUT2D eigenvalue weighted by Crippen LogP contribution is 2.14. The zero-order valence-electron chi connectivity index (χ0n) is 14.8. The van der Waals surface area contributed by atoms with Crippen LogP contribution in [-0.2, 0) is 11.3 Å². The molecule has 27 heavy (non-hydrogen) atoms. The number of rotatable bonds is 5. The van der Waals surface area contributed by atoms with E-state index in [1.165, 1.54) is 18.2 Å². The van der Waals surface area contributed by atoms with Crippen LogP contribution in [0.2, 0.25) is 0 Å². The molecule has 0 bridgehead atoms. The van der Waals surface area contributed by atoms with Gasteiger partial charge in [-0.1, -0.05) is 18.2 Å². The molecule has 0 spiro atoms. The van der Waals surface area contributed by atoms with E-state index in [2.05, 4.69) is 16.0 Å². The normalized spacial score (nSPS) is 16.1. The van der Waals surface area contributed by atoms with Crippen molar-refractivity contribution in [2.75, 3.05) is 18.4 Å². The highest BCUT2D eigenvalue weighted by atomic mass is 35.5. The molecule has 1 heterocycles. The number of hydrogen-bond donors (Lipinski definition) is 3. The van der Waals surface area contributed by atoms with Gasteiger partial charge >= 0.3 is 0 Å². The van der Waals surface area contributed by atoms with E-state index in [9.17, 15) is 14.0 Å². The molecule has 1 saturated heterocycles. The number of halogens is 2. The largest absolute Gasteiger partial charge is 0.352 e. The molecule has 0 aromatic heterocycles. The zero-order valence-corrected chi connectivity index (χ0v) is 15.7. The number of amides is 2. The van der Waals surface area contributed by atoms with Gasteiger partial charge in [0.25, 0.3) is 5.91 Å². The summed E-state index contributed by atoms with van der Waals surface area (Å²) in [5.74, 6) is -0.767. The Labute approximate surface area is 164 Å². The van der Waals surface area contributed by atoms with Crippen molar-refractivity contribution in [2.24, 2.45) is 5.92 Å². The second kappa shape index (κ2) is 10.0. The van der Waals surface area contributed by atoms with Crippen LogP contribution in [0.15, 0.2) is 48.5 Å². The first-order chi connectivity index (χ1) is 12.6. The van der Waals surface area contributed by atoms with Gasteiger partial charge in [0.05, 0.1) is 5.92 Å². The SMILES string of the molecule is Cl.O=C(Nc1cccc(CNC(=O)C2CCCNC2)c1)c1cccc(F)c1. The summed E-state index contributed by atoms with van der Waals surface area (Å²) in [5, 5.41) is 8.92. The van der Waals surface area contributed by atoms with Crippen LogP contribution in [0.3, 0.4) is 0 Å². The second-order valence-electron chi connectivity index (χ2n) is 6.43. The highest BCUT2D eigenvalue weighted by molar-refractivity contribution is 6.04. The summed E-state index contributed by atoms with van der Waals surface area (Å²) >= 11 is 0. The minimum Gasteiger partial charge on any atom is -0.352 e. The van der Waals surface area contributed by atoms with Crippen molar-refractivity contribution >= 4 is 29.9 Å². The summed E-state index contributed by atoms with van der Waals surface area (Å²) < 4.78 is 13.2. The molecule has 1 aliphatic heterocycles. The highest BCUT2D eigenvalue weighted by Gasteiger charge is 2.20. The van der Waals surface area contributed by atoms with E-state index in [0.29, 0.717) is 12.2 Å². The van der Waals surface area contributed by atoms with Gasteiger partial charge in [-0.2, -0.15) is 0 Å². The molecule has 1 fully saturated rings. The topological polar surface area (TPSA) is 70.2 Å². The van der Waals surface area contributed by atoms with Crippen molar-refractivity contribution in [1.82, 2.24) is 10.6 Å². The molecule has 0 saturated carbocycles. The lowest BCUT2D eigenvalue weighted by atomic mass is 9.99. The van der Waals surface area contributed by atoms with Crippen LogP contribution < -0.4 is 16.0 Å². The molecule has 1 atom stereocenters. The Morgan fingerprint density at radius 1 is 1.15 bits per heavy atom. The number of anilines is 1. The van der Waals surface area contributed by atoms with Gasteiger partial charge in [0, 0.05) is 24.3 Å². The van der Waals surface area contributed by atoms with E-state index in [4.69, 9.17) is 0 Å². The molecule has 7 heteroatoms. The molecule has 5 nitrogen and oxygen atoms in total. The van der Waals surface area contributed by atoms with Crippen LogP contribution in [0.4, 0.5) is 10.1 Å². The summed E-state index contributed by atoms with van der Waals surface area (Å²) in [4.78, 5) is 24.4. The van der Waals surface area contributed by atoms with Gasteiger partial charge < -0.3 is 16.0 Å². The Morgan fingerprint density at radius 2 is 1.96 bits per heavy atom. The van der Waals surface area contributed by atoms with Gasteiger partial charge in [0.1, 0.15) is 5.82 Å². The van der Waals surface area contributed by atoms with Gasteiger partial charge in [-0.25, -0.2) is 4.39 Å². The average Bonchev–Trinajstić information content (AvgIpc) is 2.67. The summed E-state index contributed by atoms with van der Waals surface area (Å²) in [6.45, 7) is 2.09. The molecule has 3 rings (SSSR count). The van der Waals surface area contributed by atoms with Crippen LogP contribution in [-0.4, -0.2) is 24.9 Å². The predicted molar refractivity (Wildman–Crippen MR) is 105 cm³/mol. The molecule has 2 amide bonds. The van der Waals surface area contributed by atoms with E-state index in [0.717, 1.165) is 31.5 Å². The lowest BCUT2D eigenvalue weighted by Gasteiger charge is -2.21. The predicted octanol–water partition coefficient (Wildman–Crippen LogP) is 3.12. The zero-order chi connectivity index (χ0) is 18.4. The summed E-state index contributed by atoms with van der Waals surface area (Å²) in [6.07, 6.45) is 1.92. The number of hydrogen-bond acceptors (Lipinski definition) is 3. The van der Waals surface area contributed by atoms with Crippen molar-refractivity contribution in [2.45, 2.75) is 19.4 Å². The lowest BCUT2D eigenvalue weighted by Crippen LogP contribution is -2.40. The fraction of sp³-hybridized carbons (Fsp3) is 0.300. The average molecular weight is 392 g/mol. The van der Waals surface area contributed by atoms with Crippen LogP contribution in [0.25, 0.3) is 0 Å². The maximum Gasteiger partial charge on any atom is 0.255 e. The van der Waals surface area contributed by atoms with Gasteiger partial charge in [0.15, 0.2) is 0 Å². The first kappa shape index (κ1) is 20.9. The fourth-order valence-corrected chi connectivity index (χ4v) is 3.00. The monoisotopic (exact) mass is 391 g/mol. The Hall–Kier alpha value is -2.44. The maximum atomic E-state index is 13.2. The van der Waals surface area contributed by atoms with E-state index < -0.39 is 5.82 Å². The van der Waals surface area contributed by atoms with Crippen molar-refractivity contribution < 1.29 is 14.0 Å². The van der Waals surface area contributed by atoms with Crippen molar-refractivity contribution in [3.05, 3.63) is 65.5 Å². The first-order valence-electron chi connectivity index (χ1n) is 8.76. The number of carbonyl (C=O) groups excluding carboxylic acids is 2. The van der Waals surface area contributed by atoms with Crippen LogP contribution >= 0.6 is 12.4 Å². The van der Waals surface area contributed by atoms with E-state index in [1.807, 2.05) is 12.1 Å². The lowest BCUT2D eigenvalue weighted by molar-refractivity contribution is -0.125. The van der Waals surface area contributed by atoms with Gasteiger partial charge in [-0.3, -0.25) is 9.59 Å². The molecule has 1 aliphatic rings. The Morgan fingerprint density at radius 3 is 2.70 bits per heavy atom. The number of nitrogens with one attached hydrogen (secondary N) is 3. The molecule has 0 radical (unpaired) electrons. The molecular weight excluding hydrogens is 369 g/mol. The number of carbonyl (C=O) groups is 2. The third-order valence-electron chi connectivity index (χ3n) is 4.41. The maximum absolute atomic E-state index is 13.2. The molecule has 2 aromatic carbocycles. The van der Waals surface area contributed by atoms with Crippen molar-refractivity contribution in [1.29, 1.82) is 0 Å². The molecular formula is C20H23ClFN3O2. The number of benzene rings is 2. The quantitative estimate of drug-likeness (QED) is 0.733. The second-order valence-corrected chi connectivity index (χ2v) is 6.43. The standard InChI is InChI=1S/C20H22FN3O2.ClH/c21-17-7-2-5-15(11-17)20(26)24-18-8-1-4-14(10-18)12-23-19(25)16-6-3-9-22-13-16;/h1-2,4-5,7-8,10-11,16,22H,3,6,9,12-13H2,(H,23,25)(H,24,26);1H. The molecule has 2 aromatic rings. The Balaban J connectivity index is 0.00000261. The van der Waals surface area contributed by atoms with E-state index in [1.54, 1.807) is 18.2 Å². The molecule has 0 aliphatic carbocycles. The molecule has 144 valence electrons. The first-order valence-corrected chi connectivity index (χ1v) is 8.76. The Kier molecular flexibility index (Phi) is 7.76. The van der Waals surface area contributed by atoms with Crippen LogP contribution in [0.1, 0.15) is 28.8 Å². The van der Waals surface area contributed by atoms with Gasteiger partial charge in [0.2, 0.25) is 5.91 Å². The van der Waals surface area contributed by atoms with Crippen molar-refractivity contribution in [3.63, 3.8) is 0 Å². The van der Waals surface area contributed by atoms with Gasteiger partial charge in [-0.15, -0.1) is 12.4 Å². The minimum atomic E-state index is -0.452. The molecule has 1 unspecified atom stereocenters. The summed E-state index contributed by atoms with van der Waals surface area (Å²) in [5.41, 5.74) is 1.75. The summed E-state index contributed by atoms with van der Waals surface area (Å²) in [7, 11) is 0. The smallest absolute Gasteiger partial charge is 0.255 e. The third-order valence-corrected chi connectivity index (χ3v) is 4.41. The van der Waals surface area contributed by atoms with Gasteiger partial charge in [-0.05, 0) is 55.3 Å². The number of piperidine rings is 1. The summed E-state index contributed by atoms with van der Waals surface area (Å²) in [6, 6.07) is 12.8. The Bertz CT molecular complexity index is 794. The van der Waals surface area contributed by atoms with E-state index >= 15 is 0 Å². The third kappa shape index (κ3) is 6.05. The minimum absolute atomic E-state index is 0. The fourth-order valence-electron chi connectivity index (χ4n) is 3.00. The van der Waals surface area contributed by atoms with Crippen LogP contribution in [0, 0.1) is 11.7 Å². The van der Waals surface area contributed by atoms with Crippen molar-refractivity contribution in [3.8, 4) is 0 Å².